The summed E-state index contributed by atoms with van der Waals surface area (Å²) >= 11 is 0. The van der Waals surface area contributed by atoms with E-state index in [1.54, 1.807) is 0 Å². The lowest BCUT2D eigenvalue weighted by molar-refractivity contribution is 0.541. The fourth-order valence-corrected chi connectivity index (χ4v) is 2.70. The minimum Gasteiger partial charge on any atom is -0.310 e. The molecule has 0 aliphatic heterocycles. The zero-order valence-electron chi connectivity index (χ0n) is 13.9. The molecule has 0 saturated carbocycles. The van der Waals surface area contributed by atoms with Crippen LogP contribution in [0.5, 0.6) is 0 Å². The molecule has 0 spiro atoms. The standard InChI is InChI=1S/C18H27N3/c1-13(2)18-17(12-21(5)20-18)11-19-15(4)10-16-9-7-6-8-14(16)3/h6-9,12-13,15,19H,10-11H2,1-5H3. The minimum atomic E-state index is 0.450. The van der Waals surface area contributed by atoms with Crippen molar-refractivity contribution in [3.63, 3.8) is 0 Å². The molecule has 0 saturated heterocycles. The van der Waals surface area contributed by atoms with Crippen molar-refractivity contribution in [1.82, 2.24) is 15.1 Å². The first-order chi connectivity index (χ1) is 9.97. The molecule has 1 unspecified atom stereocenters. The Morgan fingerprint density at radius 3 is 2.52 bits per heavy atom. The lowest BCUT2D eigenvalue weighted by atomic mass is 10.0. The fourth-order valence-electron chi connectivity index (χ4n) is 2.70. The quantitative estimate of drug-likeness (QED) is 0.879. The molecule has 2 rings (SSSR count). The van der Waals surface area contributed by atoms with Gasteiger partial charge in [0.15, 0.2) is 0 Å². The van der Waals surface area contributed by atoms with Crippen LogP contribution in [0.15, 0.2) is 30.5 Å². The second-order valence-electron chi connectivity index (χ2n) is 6.28. The van der Waals surface area contributed by atoms with Crippen LogP contribution in [0, 0.1) is 6.92 Å². The van der Waals surface area contributed by atoms with Gasteiger partial charge in [0.1, 0.15) is 0 Å². The molecule has 3 heteroatoms. The SMILES string of the molecule is Cc1ccccc1CC(C)NCc1cn(C)nc1C(C)C. The first-order valence-corrected chi connectivity index (χ1v) is 7.77. The Bertz CT molecular complexity index is 584. The molecule has 1 aromatic heterocycles. The third kappa shape index (κ3) is 4.18. The van der Waals surface area contributed by atoms with Gasteiger partial charge < -0.3 is 5.32 Å². The molecule has 0 amide bonds. The maximum atomic E-state index is 4.56. The number of hydrogen-bond acceptors (Lipinski definition) is 2. The van der Waals surface area contributed by atoms with Crippen molar-refractivity contribution in [3.8, 4) is 0 Å². The Kier molecular flexibility index (Phi) is 5.18. The number of aromatic nitrogens is 2. The number of hydrogen-bond donors (Lipinski definition) is 1. The summed E-state index contributed by atoms with van der Waals surface area (Å²) in [4.78, 5) is 0. The largest absolute Gasteiger partial charge is 0.310 e. The first kappa shape index (κ1) is 15.8. The highest BCUT2D eigenvalue weighted by Gasteiger charge is 2.12. The number of benzene rings is 1. The Labute approximate surface area is 128 Å². The Balaban J connectivity index is 1.95. The maximum Gasteiger partial charge on any atom is 0.0694 e. The van der Waals surface area contributed by atoms with E-state index in [0.717, 1.165) is 13.0 Å². The Morgan fingerprint density at radius 1 is 1.14 bits per heavy atom. The van der Waals surface area contributed by atoms with Gasteiger partial charge in [0.25, 0.3) is 0 Å². The smallest absolute Gasteiger partial charge is 0.0694 e. The van der Waals surface area contributed by atoms with Crippen LogP contribution in [-0.2, 0) is 20.0 Å². The maximum absolute atomic E-state index is 4.56. The lowest BCUT2D eigenvalue weighted by Gasteiger charge is -2.15. The van der Waals surface area contributed by atoms with Crippen molar-refractivity contribution in [1.29, 1.82) is 0 Å². The lowest BCUT2D eigenvalue weighted by Crippen LogP contribution is -2.28. The van der Waals surface area contributed by atoms with Gasteiger partial charge in [0.2, 0.25) is 0 Å². The molecular formula is C18H27N3. The van der Waals surface area contributed by atoms with Gasteiger partial charge in [-0.3, -0.25) is 4.68 Å². The van der Waals surface area contributed by atoms with Crippen molar-refractivity contribution >= 4 is 0 Å². The van der Waals surface area contributed by atoms with Crippen molar-refractivity contribution < 1.29 is 0 Å². The van der Waals surface area contributed by atoms with Gasteiger partial charge in [-0.05, 0) is 37.3 Å². The second kappa shape index (κ2) is 6.90. The summed E-state index contributed by atoms with van der Waals surface area (Å²) in [5.41, 5.74) is 5.31. The van der Waals surface area contributed by atoms with Crippen LogP contribution < -0.4 is 5.32 Å². The van der Waals surface area contributed by atoms with Gasteiger partial charge in [-0.15, -0.1) is 0 Å². The molecule has 0 fully saturated rings. The van der Waals surface area contributed by atoms with E-state index in [1.165, 1.54) is 22.4 Å². The van der Waals surface area contributed by atoms with Crippen LogP contribution in [-0.4, -0.2) is 15.8 Å². The molecule has 3 nitrogen and oxygen atoms in total. The average Bonchev–Trinajstić information content (AvgIpc) is 2.80. The molecule has 1 N–H and O–H groups in total. The number of aryl methyl sites for hydroxylation is 2. The van der Waals surface area contributed by atoms with E-state index in [-0.39, 0.29) is 0 Å². The zero-order chi connectivity index (χ0) is 15.4. The van der Waals surface area contributed by atoms with E-state index in [9.17, 15) is 0 Å². The Morgan fingerprint density at radius 2 is 1.86 bits per heavy atom. The monoisotopic (exact) mass is 285 g/mol. The summed E-state index contributed by atoms with van der Waals surface area (Å²) in [6, 6.07) is 9.07. The predicted octanol–water partition coefficient (Wildman–Crippen LogP) is 3.57. The third-order valence-corrected chi connectivity index (χ3v) is 3.91. The molecule has 2 aromatic rings. The number of nitrogens with zero attached hydrogens (tertiary/aromatic N) is 2. The van der Waals surface area contributed by atoms with Gasteiger partial charge in [0, 0.05) is 31.4 Å². The molecule has 1 atom stereocenters. The average molecular weight is 285 g/mol. The van der Waals surface area contributed by atoms with Crippen molar-refractivity contribution in [2.75, 3.05) is 0 Å². The van der Waals surface area contributed by atoms with Crippen molar-refractivity contribution in [2.24, 2.45) is 7.05 Å². The molecule has 114 valence electrons. The minimum absolute atomic E-state index is 0.450. The summed E-state index contributed by atoms with van der Waals surface area (Å²) in [6.45, 7) is 9.71. The van der Waals surface area contributed by atoms with Crippen LogP contribution in [0.4, 0.5) is 0 Å². The van der Waals surface area contributed by atoms with Gasteiger partial charge in [0.05, 0.1) is 5.69 Å². The van der Waals surface area contributed by atoms with Gasteiger partial charge in [-0.1, -0.05) is 38.1 Å². The summed E-state index contributed by atoms with van der Waals surface area (Å²) < 4.78 is 1.92. The van der Waals surface area contributed by atoms with E-state index >= 15 is 0 Å². The van der Waals surface area contributed by atoms with E-state index in [1.807, 2.05) is 11.7 Å². The first-order valence-electron chi connectivity index (χ1n) is 7.77. The number of nitrogens with one attached hydrogen (secondary N) is 1. The molecule has 0 aliphatic rings. The summed E-state index contributed by atoms with van der Waals surface area (Å²) in [5.74, 6) is 0.467. The molecule has 1 heterocycles. The van der Waals surface area contributed by atoms with E-state index in [2.05, 4.69) is 68.6 Å². The highest BCUT2D eigenvalue weighted by molar-refractivity contribution is 5.26. The Hall–Kier alpha value is -1.61. The second-order valence-corrected chi connectivity index (χ2v) is 6.28. The van der Waals surface area contributed by atoms with Crippen LogP contribution in [0.3, 0.4) is 0 Å². The van der Waals surface area contributed by atoms with Gasteiger partial charge in [-0.2, -0.15) is 5.10 Å². The van der Waals surface area contributed by atoms with Crippen LogP contribution in [0.25, 0.3) is 0 Å². The summed E-state index contributed by atoms with van der Waals surface area (Å²) in [6.07, 6.45) is 3.19. The van der Waals surface area contributed by atoms with Gasteiger partial charge >= 0.3 is 0 Å². The highest BCUT2D eigenvalue weighted by Crippen LogP contribution is 2.17. The number of rotatable bonds is 6. The third-order valence-electron chi connectivity index (χ3n) is 3.91. The van der Waals surface area contributed by atoms with Crippen molar-refractivity contribution in [2.45, 2.75) is 52.6 Å². The van der Waals surface area contributed by atoms with E-state index < -0.39 is 0 Å². The van der Waals surface area contributed by atoms with Crippen LogP contribution in [0.2, 0.25) is 0 Å². The topological polar surface area (TPSA) is 29.9 Å². The van der Waals surface area contributed by atoms with Gasteiger partial charge in [-0.25, -0.2) is 0 Å². The molecule has 0 radical (unpaired) electrons. The van der Waals surface area contributed by atoms with Crippen molar-refractivity contribution in [3.05, 3.63) is 52.8 Å². The molecule has 21 heavy (non-hydrogen) atoms. The fraction of sp³-hybridized carbons (Fsp3) is 0.500. The molecular weight excluding hydrogens is 258 g/mol. The molecule has 0 bridgehead atoms. The van der Waals surface area contributed by atoms with E-state index in [4.69, 9.17) is 0 Å². The summed E-state index contributed by atoms with van der Waals surface area (Å²) in [7, 11) is 1.99. The van der Waals surface area contributed by atoms with Crippen LogP contribution >= 0.6 is 0 Å². The normalized spacial score (nSPS) is 12.9. The molecule has 1 aromatic carbocycles. The zero-order valence-corrected chi connectivity index (χ0v) is 13.9. The van der Waals surface area contributed by atoms with E-state index in [0.29, 0.717) is 12.0 Å². The van der Waals surface area contributed by atoms with Crippen LogP contribution in [0.1, 0.15) is 49.1 Å². The highest BCUT2D eigenvalue weighted by atomic mass is 15.3. The summed E-state index contributed by atoms with van der Waals surface area (Å²) in [5, 5.41) is 8.19. The predicted molar refractivity (Wildman–Crippen MR) is 88.5 cm³/mol. The molecule has 0 aliphatic carbocycles.